The summed E-state index contributed by atoms with van der Waals surface area (Å²) >= 11 is 0.931. The van der Waals surface area contributed by atoms with Gasteiger partial charge in [0.25, 0.3) is 5.91 Å². The summed E-state index contributed by atoms with van der Waals surface area (Å²) < 4.78 is 41.0. The van der Waals surface area contributed by atoms with Crippen LogP contribution in [0, 0.1) is 6.92 Å². The third-order valence-corrected chi connectivity index (χ3v) is 4.39. The van der Waals surface area contributed by atoms with Gasteiger partial charge in [0.2, 0.25) is 5.88 Å². The Hall–Kier alpha value is -2.69. The van der Waals surface area contributed by atoms with E-state index in [4.69, 9.17) is 5.11 Å². The summed E-state index contributed by atoms with van der Waals surface area (Å²) in [6, 6.07) is 3.25. The number of nitrogens with zero attached hydrogens (tertiary/aromatic N) is 2. The SMILES string of the molecule is Cc1nc(C(C)NC(=O)c2cccc(OCC(F)(F)F)n2)sc1C(=O)O. The lowest BCUT2D eigenvalue weighted by Gasteiger charge is -2.12. The first kappa shape index (κ1) is 19.6. The minimum absolute atomic E-state index is 0.0711. The predicted molar refractivity (Wildman–Crippen MR) is 85.5 cm³/mol. The summed E-state index contributed by atoms with van der Waals surface area (Å²) in [5.41, 5.74) is 0.197. The lowest BCUT2D eigenvalue weighted by molar-refractivity contribution is -0.154. The number of carbonyl (C=O) groups is 2. The smallest absolute Gasteiger partial charge is 0.422 e. The van der Waals surface area contributed by atoms with E-state index in [1.54, 1.807) is 13.8 Å². The third-order valence-electron chi connectivity index (χ3n) is 3.07. The highest BCUT2D eigenvalue weighted by atomic mass is 32.1. The highest BCUT2D eigenvalue weighted by molar-refractivity contribution is 7.13. The minimum Gasteiger partial charge on any atom is -0.477 e. The first-order valence-corrected chi connectivity index (χ1v) is 8.06. The minimum atomic E-state index is -4.51. The monoisotopic (exact) mass is 389 g/mol. The maximum atomic E-state index is 12.2. The molecule has 2 aromatic rings. The number of pyridine rings is 1. The number of alkyl halides is 3. The Labute approximate surface area is 149 Å². The molecule has 0 aliphatic heterocycles. The molecule has 7 nitrogen and oxygen atoms in total. The summed E-state index contributed by atoms with van der Waals surface area (Å²) in [4.78, 5) is 31.2. The molecule has 0 spiro atoms. The maximum Gasteiger partial charge on any atom is 0.422 e. The number of ether oxygens (including phenoxy) is 1. The van der Waals surface area contributed by atoms with Gasteiger partial charge >= 0.3 is 12.1 Å². The normalized spacial score (nSPS) is 12.5. The van der Waals surface area contributed by atoms with E-state index in [-0.39, 0.29) is 16.5 Å². The average molecular weight is 389 g/mol. The number of aromatic nitrogens is 2. The van der Waals surface area contributed by atoms with E-state index in [0.29, 0.717) is 10.7 Å². The number of nitrogens with one attached hydrogen (secondary N) is 1. The molecule has 1 amide bonds. The molecular formula is C15H14F3N3O4S. The molecule has 2 N–H and O–H groups in total. The van der Waals surface area contributed by atoms with Crippen LogP contribution in [0.1, 0.15) is 43.8 Å². The second-order valence-electron chi connectivity index (χ2n) is 5.23. The van der Waals surface area contributed by atoms with E-state index < -0.39 is 30.7 Å². The Bertz CT molecular complexity index is 823. The average Bonchev–Trinajstić information content (AvgIpc) is 2.95. The molecule has 1 unspecified atom stereocenters. The maximum absolute atomic E-state index is 12.2. The van der Waals surface area contributed by atoms with Gasteiger partial charge in [0, 0.05) is 6.07 Å². The number of hydrogen-bond donors (Lipinski definition) is 2. The van der Waals surface area contributed by atoms with Crippen LogP contribution in [0.2, 0.25) is 0 Å². The van der Waals surface area contributed by atoms with Crippen molar-refractivity contribution in [1.82, 2.24) is 15.3 Å². The number of amides is 1. The summed E-state index contributed by atoms with van der Waals surface area (Å²) in [6.07, 6.45) is -4.51. The zero-order valence-corrected chi connectivity index (χ0v) is 14.4. The van der Waals surface area contributed by atoms with Gasteiger partial charge in [0.1, 0.15) is 15.6 Å². The van der Waals surface area contributed by atoms with E-state index in [2.05, 4.69) is 20.0 Å². The summed E-state index contributed by atoms with van der Waals surface area (Å²) in [6.45, 7) is 1.63. The van der Waals surface area contributed by atoms with Gasteiger partial charge in [-0.3, -0.25) is 4.79 Å². The van der Waals surface area contributed by atoms with Crippen molar-refractivity contribution in [2.45, 2.75) is 26.1 Å². The number of aryl methyl sites for hydroxylation is 1. The fourth-order valence-corrected chi connectivity index (χ4v) is 2.82. The molecule has 0 fully saturated rings. The summed E-state index contributed by atoms with van der Waals surface area (Å²) in [5, 5.41) is 12.0. The van der Waals surface area contributed by atoms with Gasteiger partial charge < -0.3 is 15.2 Å². The molecule has 2 rings (SSSR count). The second-order valence-corrected chi connectivity index (χ2v) is 6.26. The Morgan fingerprint density at radius 1 is 1.35 bits per heavy atom. The molecule has 26 heavy (non-hydrogen) atoms. The highest BCUT2D eigenvalue weighted by Crippen LogP contribution is 2.24. The van der Waals surface area contributed by atoms with Gasteiger partial charge in [-0.2, -0.15) is 13.2 Å². The molecule has 0 aromatic carbocycles. The topological polar surface area (TPSA) is 101 Å². The molecule has 0 saturated heterocycles. The lowest BCUT2D eigenvalue weighted by atomic mass is 10.3. The summed E-state index contributed by atoms with van der Waals surface area (Å²) in [7, 11) is 0. The number of hydrogen-bond acceptors (Lipinski definition) is 6. The predicted octanol–water partition coefficient (Wildman–Crippen LogP) is 2.98. The first-order valence-electron chi connectivity index (χ1n) is 7.25. The molecule has 0 bridgehead atoms. The van der Waals surface area contributed by atoms with Gasteiger partial charge in [-0.25, -0.2) is 14.8 Å². The van der Waals surface area contributed by atoms with Crippen LogP contribution in [-0.2, 0) is 0 Å². The fraction of sp³-hybridized carbons (Fsp3) is 0.333. The van der Waals surface area contributed by atoms with Crippen LogP contribution in [0.15, 0.2) is 18.2 Å². The van der Waals surface area contributed by atoms with Crippen LogP contribution in [0.3, 0.4) is 0 Å². The van der Waals surface area contributed by atoms with E-state index in [0.717, 1.165) is 11.3 Å². The van der Waals surface area contributed by atoms with Gasteiger partial charge in [0.15, 0.2) is 6.61 Å². The van der Waals surface area contributed by atoms with Crippen LogP contribution in [0.5, 0.6) is 5.88 Å². The number of aromatic carboxylic acids is 1. The number of halogens is 3. The fourth-order valence-electron chi connectivity index (χ4n) is 1.91. The van der Waals surface area contributed by atoms with Gasteiger partial charge in [-0.1, -0.05) is 6.07 Å². The van der Waals surface area contributed by atoms with Gasteiger partial charge in [-0.15, -0.1) is 11.3 Å². The first-order chi connectivity index (χ1) is 12.1. The van der Waals surface area contributed by atoms with E-state index in [1.165, 1.54) is 18.2 Å². The van der Waals surface area contributed by atoms with Gasteiger partial charge in [0.05, 0.1) is 11.7 Å². The molecule has 0 aliphatic carbocycles. The molecular weight excluding hydrogens is 375 g/mol. The van der Waals surface area contributed by atoms with Crippen LogP contribution >= 0.6 is 11.3 Å². The van der Waals surface area contributed by atoms with E-state index >= 15 is 0 Å². The second kappa shape index (κ2) is 7.68. The molecule has 11 heteroatoms. The molecule has 0 radical (unpaired) electrons. The molecule has 0 aliphatic rings. The number of rotatable bonds is 6. The molecule has 140 valence electrons. The molecule has 2 heterocycles. The molecule has 1 atom stereocenters. The Morgan fingerprint density at radius 2 is 2.04 bits per heavy atom. The van der Waals surface area contributed by atoms with Crippen LogP contribution in [0.4, 0.5) is 13.2 Å². The number of carbonyl (C=O) groups excluding carboxylic acids is 1. The third kappa shape index (κ3) is 5.15. The molecule has 0 saturated carbocycles. The van der Waals surface area contributed by atoms with Crippen LogP contribution in [-0.4, -0.2) is 39.7 Å². The van der Waals surface area contributed by atoms with Crippen molar-refractivity contribution in [3.8, 4) is 5.88 Å². The lowest BCUT2D eigenvalue weighted by Crippen LogP contribution is -2.27. The van der Waals surface area contributed by atoms with Crippen LogP contribution < -0.4 is 10.1 Å². The van der Waals surface area contributed by atoms with Gasteiger partial charge in [-0.05, 0) is 19.9 Å². The van der Waals surface area contributed by atoms with Crippen molar-refractivity contribution in [3.05, 3.63) is 39.5 Å². The molecule has 2 aromatic heterocycles. The van der Waals surface area contributed by atoms with E-state index in [9.17, 15) is 22.8 Å². The Balaban J connectivity index is 2.07. The summed E-state index contributed by atoms with van der Waals surface area (Å²) in [5.74, 6) is -2.10. The quantitative estimate of drug-likeness (QED) is 0.788. The number of thiazole rings is 1. The zero-order valence-electron chi connectivity index (χ0n) is 13.6. The van der Waals surface area contributed by atoms with Crippen molar-refractivity contribution >= 4 is 23.2 Å². The Morgan fingerprint density at radius 3 is 2.62 bits per heavy atom. The number of carboxylic acids is 1. The van der Waals surface area contributed by atoms with Crippen molar-refractivity contribution in [2.75, 3.05) is 6.61 Å². The standard InChI is InChI=1S/C15H14F3N3O4S/c1-7-11(14(23)24)26-13(20-7)8(2)19-12(22)9-4-3-5-10(21-9)25-6-15(16,17)18/h3-5,8H,6H2,1-2H3,(H,19,22)(H,23,24). The van der Waals surface area contributed by atoms with Crippen molar-refractivity contribution < 1.29 is 32.6 Å². The van der Waals surface area contributed by atoms with E-state index in [1.807, 2.05) is 0 Å². The van der Waals surface area contributed by atoms with Crippen molar-refractivity contribution in [3.63, 3.8) is 0 Å². The number of carboxylic acid groups (broad SMARTS) is 1. The van der Waals surface area contributed by atoms with Crippen LogP contribution in [0.25, 0.3) is 0 Å². The van der Waals surface area contributed by atoms with Crippen molar-refractivity contribution in [1.29, 1.82) is 0 Å². The highest BCUT2D eigenvalue weighted by Gasteiger charge is 2.28. The van der Waals surface area contributed by atoms with Crippen molar-refractivity contribution in [2.24, 2.45) is 0 Å². The zero-order chi connectivity index (χ0) is 19.5. The Kier molecular flexibility index (Phi) is 5.80. The largest absolute Gasteiger partial charge is 0.477 e.